The van der Waals surface area contributed by atoms with E-state index in [1.807, 2.05) is 19.9 Å². The zero-order valence-electron chi connectivity index (χ0n) is 13.3. The van der Waals surface area contributed by atoms with Gasteiger partial charge < -0.3 is 16.2 Å². The van der Waals surface area contributed by atoms with Crippen LogP contribution in [0.1, 0.15) is 58.8 Å². The maximum Gasteiger partial charge on any atom is 0.249 e. The third-order valence-electron chi connectivity index (χ3n) is 3.31. The quantitative estimate of drug-likeness (QED) is 0.379. The highest BCUT2D eigenvalue weighted by Gasteiger charge is 2.22. The number of rotatable bonds is 12. The van der Waals surface area contributed by atoms with E-state index in [4.69, 9.17) is 5.73 Å². The molecule has 0 saturated heterocycles. The summed E-state index contributed by atoms with van der Waals surface area (Å²) >= 11 is 0. The molecule has 0 aromatic carbocycles. The second kappa shape index (κ2) is 11.3. The Bertz CT molecular complexity index is 329. The largest absolute Gasteiger partial charge is 0.383 e. The summed E-state index contributed by atoms with van der Waals surface area (Å²) < 4.78 is 0. The van der Waals surface area contributed by atoms with Gasteiger partial charge in [-0.15, -0.1) is 6.58 Å². The van der Waals surface area contributed by atoms with Crippen LogP contribution in [0, 0.1) is 5.92 Å². The number of carbonyl (C=O) groups is 2. The van der Waals surface area contributed by atoms with E-state index in [-0.39, 0.29) is 5.92 Å². The van der Waals surface area contributed by atoms with E-state index in [1.165, 1.54) is 0 Å². The number of hydrogen-bond donors (Lipinski definition) is 3. The number of hydrogen-bond acceptors (Lipinski definition) is 3. The second-order valence-corrected chi connectivity index (χ2v) is 5.89. The van der Waals surface area contributed by atoms with Crippen LogP contribution in [0.4, 0.5) is 0 Å². The summed E-state index contributed by atoms with van der Waals surface area (Å²) in [5.74, 6) is -0.854. The lowest BCUT2D eigenvalue weighted by Crippen LogP contribution is -2.48. The van der Waals surface area contributed by atoms with E-state index in [1.54, 1.807) is 0 Å². The number of allylic oxidation sites excluding steroid dienone is 1. The van der Waals surface area contributed by atoms with E-state index in [9.17, 15) is 14.7 Å². The van der Waals surface area contributed by atoms with Gasteiger partial charge in [0, 0.05) is 0 Å². The number of nitrogens with one attached hydrogen (secondary N) is 1. The van der Waals surface area contributed by atoms with Crippen LogP contribution in [-0.4, -0.2) is 29.1 Å². The van der Waals surface area contributed by atoms with Crippen molar-refractivity contribution >= 4 is 11.8 Å². The molecule has 0 fully saturated rings. The Morgan fingerprint density at radius 1 is 1.24 bits per heavy atom. The van der Waals surface area contributed by atoms with Crippen LogP contribution in [0.15, 0.2) is 12.7 Å². The highest BCUT2D eigenvalue weighted by molar-refractivity contribution is 5.88. The van der Waals surface area contributed by atoms with Gasteiger partial charge in [0.25, 0.3) is 0 Å². The van der Waals surface area contributed by atoms with Gasteiger partial charge in [0.1, 0.15) is 12.1 Å². The Labute approximate surface area is 128 Å². The number of aliphatic hydroxyl groups is 1. The Balaban J connectivity index is 4.09. The highest BCUT2D eigenvalue weighted by atomic mass is 16.3. The molecule has 5 heteroatoms. The molecular formula is C16H30N2O3. The molecule has 0 saturated carbocycles. The highest BCUT2D eigenvalue weighted by Crippen LogP contribution is 2.09. The van der Waals surface area contributed by atoms with E-state index >= 15 is 0 Å². The summed E-state index contributed by atoms with van der Waals surface area (Å²) in [6.07, 6.45) is 6.67. The summed E-state index contributed by atoms with van der Waals surface area (Å²) in [6, 6.07) is -0.696. The van der Waals surface area contributed by atoms with E-state index in [0.29, 0.717) is 12.8 Å². The summed E-state index contributed by atoms with van der Waals surface area (Å²) in [6.45, 7) is 7.51. The van der Waals surface area contributed by atoms with Crippen LogP contribution in [0.5, 0.6) is 0 Å². The lowest BCUT2D eigenvalue weighted by Gasteiger charge is -2.19. The van der Waals surface area contributed by atoms with Crippen LogP contribution in [0.3, 0.4) is 0 Å². The van der Waals surface area contributed by atoms with Gasteiger partial charge in [-0.1, -0.05) is 39.2 Å². The molecule has 0 heterocycles. The molecular weight excluding hydrogens is 268 g/mol. The predicted molar refractivity (Wildman–Crippen MR) is 84.5 cm³/mol. The molecule has 0 radical (unpaired) electrons. The van der Waals surface area contributed by atoms with Crippen LogP contribution in [0.25, 0.3) is 0 Å². The Kier molecular flexibility index (Phi) is 10.6. The fourth-order valence-electron chi connectivity index (χ4n) is 2.10. The number of aliphatic hydroxyl groups excluding tert-OH is 1. The van der Waals surface area contributed by atoms with Crippen molar-refractivity contribution in [3.63, 3.8) is 0 Å². The molecule has 0 aliphatic rings. The first kappa shape index (κ1) is 19.6. The number of unbranched alkanes of at least 4 members (excludes halogenated alkanes) is 4. The molecule has 0 unspecified atom stereocenters. The van der Waals surface area contributed by atoms with E-state index < -0.39 is 24.0 Å². The van der Waals surface area contributed by atoms with Crippen molar-refractivity contribution in [3.05, 3.63) is 12.7 Å². The number of primary amides is 1. The number of amides is 2. The minimum Gasteiger partial charge on any atom is -0.383 e. The Morgan fingerprint density at radius 3 is 2.38 bits per heavy atom. The molecule has 0 aliphatic carbocycles. The maximum atomic E-state index is 11.8. The van der Waals surface area contributed by atoms with Crippen LogP contribution in [-0.2, 0) is 9.59 Å². The van der Waals surface area contributed by atoms with Crippen molar-refractivity contribution < 1.29 is 14.7 Å². The monoisotopic (exact) mass is 298 g/mol. The number of nitrogens with two attached hydrogens (primary N) is 1. The fourth-order valence-corrected chi connectivity index (χ4v) is 2.10. The molecule has 0 rings (SSSR count). The zero-order valence-corrected chi connectivity index (χ0v) is 13.3. The minimum absolute atomic E-state index is 0.211. The first-order valence-electron chi connectivity index (χ1n) is 7.77. The SMILES string of the molecule is C=CCCCCCC[C@@H](NC(=O)[C@@H](O)CC(C)C)C(N)=O. The smallest absolute Gasteiger partial charge is 0.249 e. The molecule has 21 heavy (non-hydrogen) atoms. The molecule has 5 nitrogen and oxygen atoms in total. The molecule has 0 aromatic rings. The van der Waals surface area contributed by atoms with Crippen molar-refractivity contribution in [2.75, 3.05) is 0 Å². The zero-order chi connectivity index (χ0) is 16.3. The van der Waals surface area contributed by atoms with Crippen molar-refractivity contribution in [1.29, 1.82) is 0 Å². The summed E-state index contributed by atoms with van der Waals surface area (Å²) in [5, 5.41) is 12.3. The van der Waals surface area contributed by atoms with E-state index in [2.05, 4.69) is 11.9 Å². The van der Waals surface area contributed by atoms with Gasteiger partial charge in [-0.05, 0) is 31.6 Å². The van der Waals surface area contributed by atoms with Gasteiger partial charge in [-0.2, -0.15) is 0 Å². The van der Waals surface area contributed by atoms with Crippen LogP contribution >= 0.6 is 0 Å². The molecule has 2 atom stereocenters. The maximum absolute atomic E-state index is 11.8. The molecule has 2 amide bonds. The third-order valence-corrected chi connectivity index (χ3v) is 3.31. The molecule has 122 valence electrons. The van der Waals surface area contributed by atoms with E-state index in [0.717, 1.165) is 32.1 Å². The van der Waals surface area contributed by atoms with Gasteiger partial charge in [-0.25, -0.2) is 0 Å². The first-order chi connectivity index (χ1) is 9.88. The van der Waals surface area contributed by atoms with Gasteiger partial charge in [0.2, 0.25) is 11.8 Å². The Morgan fingerprint density at radius 2 is 1.86 bits per heavy atom. The standard InChI is InChI=1S/C16H30N2O3/c1-4-5-6-7-8-9-10-13(15(17)20)18-16(21)14(19)11-12(2)3/h4,12-14,19H,1,5-11H2,2-3H3,(H2,17,20)(H,18,21)/t13-,14+/m1/s1. The lowest BCUT2D eigenvalue weighted by atomic mass is 10.0. The van der Waals surface area contributed by atoms with Gasteiger partial charge in [-0.3, -0.25) is 9.59 Å². The van der Waals surface area contributed by atoms with Gasteiger partial charge in [0.15, 0.2) is 0 Å². The number of carbonyl (C=O) groups excluding carboxylic acids is 2. The second-order valence-electron chi connectivity index (χ2n) is 5.89. The summed E-state index contributed by atoms with van der Waals surface area (Å²) in [4.78, 5) is 23.1. The van der Waals surface area contributed by atoms with Crippen molar-refractivity contribution in [2.24, 2.45) is 11.7 Å². The summed E-state index contributed by atoms with van der Waals surface area (Å²) in [7, 11) is 0. The van der Waals surface area contributed by atoms with Gasteiger partial charge >= 0.3 is 0 Å². The fraction of sp³-hybridized carbons (Fsp3) is 0.750. The predicted octanol–water partition coefficient (Wildman–Crippen LogP) is 1.89. The van der Waals surface area contributed by atoms with Crippen LogP contribution < -0.4 is 11.1 Å². The topological polar surface area (TPSA) is 92.4 Å². The molecule has 0 aliphatic heterocycles. The minimum atomic E-state index is -1.08. The molecule has 0 spiro atoms. The lowest BCUT2D eigenvalue weighted by molar-refractivity contribution is -0.133. The van der Waals surface area contributed by atoms with Crippen molar-refractivity contribution in [2.45, 2.75) is 70.9 Å². The molecule has 4 N–H and O–H groups in total. The third kappa shape index (κ3) is 10.1. The van der Waals surface area contributed by atoms with Crippen molar-refractivity contribution in [3.8, 4) is 0 Å². The Hall–Kier alpha value is -1.36. The van der Waals surface area contributed by atoms with Crippen molar-refractivity contribution in [1.82, 2.24) is 5.32 Å². The van der Waals surface area contributed by atoms with Gasteiger partial charge in [0.05, 0.1) is 0 Å². The molecule has 0 aromatic heterocycles. The molecule has 0 bridgehead atoms. The first-order valence-corrected chi connectivity index (χ1v) is 7.77. The normalized spacial score (nSPS) is 13.7. The average molecular weight is 298 g/mol. The van der Waals surface area contributed by atoms with Crippen LogP contribution in [0.2, 0.25) is 0 Å². The average Bonchev–Trinajstić information content (AvgIpc) is 2.39. The summed E-state index contributed by atoms with van der Waals surface area (Å²) in [5.41, 5.74) is 5.30.